The first-order valence-electron chi connectivity index (χ1n) is 7.50. The van der Waals surface area contributed by atoms with Crippen molar-refractivity contribution in [3.8, 4) is 5.75 Å². The lowest BCUT2D eigenvalue weighted by Gasteiger charge is -2.28. The summed E-state index contributed by atoms with van der Waals surface area (Å²) in [5.41, 5.74) is -0.713. The van der Waals surface area contributed by atoms with Gasteiger partial charge < -0.3 is 10.1 Å². The number of hydrogen-bond acceptors (Lipinski definition) is 2. The molecule has 0 amide bonds. The Morgan fingerprint density at radius 1 is 1.14 bits per heavy atom. The first-order chi connectivity index (χ1) is 9.93. The van der Waals surface area contributed by atoms with Crippen LogP contribution in [0.15, 0.2) is 24.3 Å². The molecule has 0 aliphatic heterocycles. The average molecular weight is 303 g/mol. The summed E-state index contributed by atoms with van der Waals surface area (Å²) in [4.78, 5) is 0. The van der Waals surface area contributed by atoms with Crippen LogP contribution in [0.2, 0.25) is 0 Å². The van der Waals surface area contributed by atoms with Gasteiger partial charge in [0.25, 0.3) is 0 Å². The topological polar surface area (TPSA) is 21.3 Å². The number of ether oxygens (including phenoxy) is 1. The first-order valence-corrected chi connectivity index (χ1v) is 7.50. The number of benzene rings is 1. The summed E-state index contributed by atoms with van der Waals surface area (Å²) in [6.07, 6.45) is -2.18. The molecule has 0 aliphatic rings. The fourth-order valence-corrected chi connectivity index (χ4v) is 2.41. The van der Waals surface area contributed by atoms with E-state index in [0.29, 0.717) is 6.42 Å². The normalized spacial score (nSPS) is 14.8. The van der Waals surface area contributed by atoms with Gasteiger partial charge in [0.15, 0.2) is 0 Å². The van der Waals surface area contributed by atoms with Crippen molar-refractivity contribution in [3.63, 3.8) is 0 Å². The van der Waals surface area contributed by atoms with Gasteiger partial charge in [-0.3, -0.25) is 0 Å². The van der Waals surface area contributed by atoms with Crippen LogP contribution in [0.4, 0.5) is 13.2 Å². The highest BCUT2D eigenvalue weighted by Gasteiger charge is 2.35. The Bertz CT molecular complexity index is 414. The SMILES string of the molecule is CCCC(NCC)C(CC)Oc1ccccc1C(F)(F)F. The highest BCUT2D eigenvalue weighted by molar-refractivity contribution is 5.35. The maximum Gasteiger partial charge on any atom is 0.419 e. The number of nitrogens with one attached hydrogen (secondary N) is 1. The zero-order valence-electron chi connectivity index (χ0n) is 12.8. The molecule has 2 atom stereocenters. The van der Waals surface area contributed by atoms with Gasteiger partial charge in [0.2, 0.25) is 0 Å². The predicted molar refractivity (Wildman–Crippen MR) is 78.5 cm³/mol. The molecule has 1 rings (SSSR count). The van der Waals surface area contributed by atoms with Gasteiger partial charge in [-0.2, -0.15) is 13.2 Å². The second-order valence-corrected chi connectivity index (χ2v) is 5.01. The second kappa shape index (κ2) is 8.27. The molecule has 1 aromatic rings. The maximum absolute atomic E-state index is 13.0. The Balaban J connectivity index is 2.95. The van der Waals surface area contributed by atoms with E-state index in [9.17, 15) is 13.2 Å². The molecule has 0 saturated carbocycles. The lowest BCUT2D eigenvalue weighted by atomic mass is 10.0. The van der Waals surface area contributed by atoms with Crippen molar-refractivity contribution in [1.82, 2.24) is 5.32 Å². The fraction of sp³-hybridized carbons (Fsp3) is 0.625. The van der Waals surface area contributed by atoms with E-state index in [2.05, 4.69) is 12.2 Å². The van der Waals surface area contributed by atoms with Gasteiger partial charge in [0, 0.05) is 6.04 Å². The molecule has 5 heteroatoms. The number of rotatable bonds is 8. The molecule has 0 fully saturated rings. The first kappa shape index (κ1) is 17.8. The Labute approximate surface area is 124 Å². The zero-order valence-corrected chi connectivity index (χ0v) is 12.8. The number of likely N-dealkylation sites (N-methyl/N-ethyl adjacent to an activating group) is 1. The third kappa shape index (κ3) is 5.23. The molecule has 0 radical (unpaired) electrons. The quantitative estimate of drug-likeness (QED) is 0.755. The lowest BCUT2D eigenvalue weighted by molar-refractivity contribution is -0.139. The highest BCUT2D eigenvalue weighted by atomic mass is 19.4. The molecule has 0 aliphatic carbocycles. The van der Waals surface area contributed by atoms with Crippen LogP contribution >= 0.6 is 0 Å². The van der Waals surface area contributed by atoms with Crippen LogP contribution in [0.1, 0.15) is 45.6 Å². The van der Waals surface area contributed by atoms with Crippen molar-refractivity contribution in [2.45, 2.75) is 58.4 Å². The molecule has 1 N–H and O–H groups in total. The monoisotopic (exact) mass is 303 g/mol. The summed E-state index contributed by atoms with van der Waals surface area (Å²) in [6, 6.07) is 5.46. The van der Waals surface area contributed by atoms with E-state index in [1.165, 1.54) is 12.1 Å². The van der Waals surface area contributed by atoms with Crippen LogP contribution in [-0.2, 0) is 6.18 Å². The average Bonchev–Trinajstić information content (AvgIpc) is 2.44. The standard InChI is InChI=1S/C16H24F3NO/c1-4-9-13(20-6-3)14(5-2)21-15-11-8-7-10-12(15)16(17,18)19/h7-8,10-11,13-14,20H,4-6,9H2,1-3H3. The van der Waals surface area contributed by atoms with Gasteiger partial charge in [-0.15, -0.1) is 0 Å². The fourth-order valence-electron chi connectivity index (χ4n) is 2.41. The maximum atomic E-state index is 13.0. The van der Waals surface area contributed by atoms with Gasteiger partial charge in [-0.1, -0.05) is 39.3 Å². The Morgan fingerprint density at radius 3 is 2.33 bits per heavy atom. The third-order valence-electron chi connectivity index (χ3n) is 3.39. The minimum atomic E-state index is -4.40. The van der Waals surface area contributed by atoms with Crippen molar-refractivity contribution in [1.29, 1.82) is 0 Å². The van der Waals surface area contributed by atoms with Gasteiger partial charge in [0.1, 0.15) is 11.9 Å². The molecular weight excluding hydrogens is 279 g/mol. The van der Waals surface area contributed by atoms with Gasteiger partial charge >= 0.3 is 6.18 Å². The smallest absolute Gasteiger partial charge is 0.419 e. The Morgan fingerprint density at radius 2 is 1.81 bits per heavy atom. The molecule has 21 heavy (non-hydrogen) atoms. The van der Waals surface area contributed by atoms with E-state index in [1.54, 1.807) is 6.07 Å². The molecule has 0 saturated heterocycles. The van der Waals surface area contributed by atoms with Gasteiger partial charge in [-0.05, 0) is 31.5 Å². The van der Waals surface area contributed by atoms with Crippen LogP contribution in [0, 0.1) is 0 Å². The van der Waals surface area contributed by atoms with Crippen LogP contribution in [0.5, 0.6) is 5.75 Å². The number of para-hydroxylation sites is 1. The van der Waals surface area contributed by atoms with Crippen LogP contribution < -0.4 is 10.1 Å². The van der Waals surface area contributed by atoms with Crippen molar-refractivity contribution in [3.05, 3.63) is 29.8 Å². The molecule has 120 valence electrons. The third-order valence-corrected chi connectivity index (χ3v) is 3.39. The minimum absolute atomic E-state index is 0.0614. The van der Waals surface area contributed by atoms with Crippen LogP contribution in [0.25, 0.3) is 0 Å². The summed E-state index contributed by atoms with van der Waals surface area (Å²) < 4.78 is 44.7. The second-order valence-electron chi connectivity index (χ2n) is 5.01. The Hall–Kier alpha value is -1.23. The lowest BCUT2D eigenvalue weighted by Crippen LogP contribution is -2.42. The van der Waals surface area contributed by atoms with Crippen LogP contribution in [0.3, 0.4) is 0 Å². The number of alkyl halides is 3. The predicted octanol–water partition coefficient (Wildman–Crippen LogP) is 4.64. The summed E-state index contributed by atoms with van der Waals surface area (Å²) in [5.74, 6) is -0.0872. The van der Waals surface area contributed by atoms with Crippen molar-refractivity contribution >= 4 is 0 Å². The molecule has 0 aromatic heterocycles. The summed E-state index contributed by atoms with van der Waals surface area (Å²) in [6.45, 7) is 6.74. The Kier molecular flexibility index (Phi) is 7.02. The van der Waals surface area contributed by atoms with E-state index in [-0.39, 0.29) is 17.9 Å². The number of hydrogen-bond donors (Lipinski definition) is 1. The molecule has 0 heterocycles. The van der Waals surface area contributed by atoms with E-state index in [0.717, 1.165) is 25.5 Å². The van der Waals surface area contributed by atoms with E-state index >= 15 is 0 Å². The van der Waals surface area contributed by atoms with Gasteiger partial charge in [0.05, 0.1) is 5.56 Å². The van der Waals surface area contributed by atoms with Crippen LogP contribution in [-0.4, -0.2) is 18.7 Å². The minimum Gasteiger partial charge on any atom is -0.488 e. The summed E-state index contributed by atoms with van der Waals surface area (Å²) in [5, 5.41) is 3.31. The van der Waals surface area contributed by atoms with E-state index in [1.807, 2.05) is 13.8 Å². The van der Waals surface area contributed by atoms with Gasteiger partial charge in [-0.25, -0.2) is 0 Å². The largest absolute Gasteiger partial charge is 0.488 e. The van der Waals surface area contributed by atoms with Crippen molar-refractivity contribution in [2.75, 3.05) is 6.54 Å². The molecule has 0 spiro atoms. The molecule has 0 bridgehead atoms. The molecular formula is C16H24F3NO. The molecule has 2 nitrogen and oxygen atoms in total. The van der Waals surface area contributed by atoms with E-state index < -0.39 is 11.7 Å². The zero-order chi connectivity index (χ0) is 15.9. The number of halogens is 3. The summed E-state index contributed by atoms with van der Waals surface area (Å²) in [7, 11) is 0. The molecule has 1 aromatic carbocycles. The van der Waals surface area contributed by atoms with Crippen molar-refractivity contribution in [2.24, 2.45) is 0 Å². The van der Waals surface area contributed by atoms with Crippen molar-refractivity contribution < 1.29 is 17.9 Å². The highest BCUT2D eigenvalue weighted by Crippen LogP contribution is 2.36. The molecule has 2 unspecified atom stereocenters. The van der Waals surface area contributed by atoms with E-state index in [4.69, 9.17) is 4.74 Å². The summed E-state index contributed by atoms with van der Waals surface area (Å²) >= 11 is 0.